The van der Waals surface area contributed by atoms with Crippen molar-refractivity contribution in [1.29, 1.82) is 0 Å². The predicted molar refractivity (Wildman–Crippen MR) is 181 cm³/mol. The van der Waals surface area contributed by atoms with E-state index in [1.807, 2.05) is 0 Å². The molecule has 1 unspecified atom stereocenters. The fraction of sp³-hybridized carbons (Fsp3) is 0.150. The van der Waals surface area contributed by atoms with Gasteiger partial charge >= 0.3 is 0 Å². The minimum absolute atomic E-state index is 0.381. The maximum absolute atomic E-state index is 6.69. The van der Waals surface area contributed by atoms with Gasteiger partial charge in [-0.25, -0.2) is 0 Å². The number of hydrogen-bond donors (Lipinski definition) is 0. The lowest BCUT2D eigenvalue weighted by Crippen LogP contribution is -2.41. The van der Waals surface area contributed by atoms with E-state index >= 15 is 0 Å². The standard InChI is InChI=1S/C40H33NOS/c1-26-14-13-17-28-29-24-33-38(25-36(29)42-39(26)28)43(2,3)37-23-12-9-20-32(37)40(33)30-18-7-10-21-34(30)41(27-15-5-4-6-16-27)35-22-11-8-19-31(35)40/h4-13,15-26H,14H2,1-3H3. The molecule has 0 fully saturated rings. The van der Waals surface area contributed by atoms with Crippen LogP contribution in [0.4, 0.5) is 17.1 Å². The zero-order chi connectivity index (χ0) is 28.9. The average molecular weight is 576 g/mol. The van der Waals surface area contributed by atoms with Crippen molar-refractivity contribution in [1.82, 2.24) is 0 Å². The quantitative estimate of drug-likeness (QED) is 0.194. The molecule has 3 heteroatoms. The first-order valence-corrected chi connectivity index (χ1v) is 17.6. The van der Waals surface area contributed by atoms with E-state index < -0.39 is 15.4 Å². The van der Waals surface area contributed by atoms with Crippen molar-refractivity contribution < 1.29 is 4.42 Å². The van der Waals surface area contributed by atoms with Crippen LogP contribution in [0.25, 0.3) is 17.0 Å². The van der Waals surface area contributed by atoms with Gasteiger partial charge in [0.1, 0.15) is 11.3 Å². The van der Waals surface area contributed by atoms with Crippen LogP contribution < -0.4 is 4.90 Å². The molecule has 0 amide bonds. The highest BCUT2D eigenvalue weighted by Gasteiger charge is 2.52. The van der Waals surface area contributed by atoms with Gasteiger partial charge in [-0.2, -0.15) is 10.0 Å². The Morgan fingerprint density at radius 3 is 2.05 bits per heavy atom. The summed E-state index contributed by atoms with van der Waals surface area (Å²) in [6, 6.07) is 43.1. The van der Waals surface area contributed by atoms with Crippen LogP contribution in [-0.4, -0.2) is 12.5 Å². The van der Waals surface area contributed by atoms with Crippen molar-refractivity contribution >= 4 is 44.1 Å². The highest BCUT2D eigenvalue weighted by Crippen LogP contribution is 2.71. The molecule has 6 aromatic rings. The molecule has 1 aromatic heterocycles. The van der Waals surface area contributed by atoms with E-state index in [2.05, 4.69) is 152 Å². The van der Waals surface area contributed by atoms with Gasteiger partial charge in [0.05, 0.1) is 16.8 Å². The Labute approximate surface area is 254 Å². The number of benzene rings is 5. The van der Waals surface area contributed by atoms with E-state index in [0.29, 0.717) is 5.92 Å². The summed E-state index contributed by atoms with van der Waals surface area (Å²) in [6.45, 7) is 2.28. The molecule has 43 heavy (non-hydrogen) atoms. The van der Waals surface area contributed by atoms with Crippen LogP contribution >= 0.6 is 10.0 Å². The van der Waals surface area contributed by atoms with Gasteiger partial charge in [-0.1, -0.05) is 91.9 Å². The average Bonchev–Trinajstić information content (AvgIpc) is 3.42. The third-order valence-electron chi connectivity index (χ3n) is 9.99. The highest BCUT2D eigenvalue weighted by atomic mass is 32.3. The van der Waals surface area contributed by atoms with Crippen LogP contribution in [0.2, 0.25) is 0 Å². The molecule has 5 aromatic carbocycles. The summed E-state index contributed by atoms with van der Waals surface area (Å²) < 4.78 is 6.69. The second kappa shape index (κ2) is 8.78. The summed E-state index contributed by atoms with van der Waals surface area (Å²) in [5.41, 5.74) is 10.8. The molecule has 3 heterocycles. The summed E-state index contributed by atoms with van der Waals surface area (Å²) in [5.74, 6) is 1.51. The van der Waals surface area contributed by atoms with Gasteiger partial charge in [0, 0.05) is 27.5 Å². The Morgan fingerprint density at radius 1 is 0.698 bits per heavy atom. The molecule has 9 rings (SSSR count). The molecule has 1 aliphatic carbocycles. The molecule has 3 aliphatic rings. The lowest BCUT2D eigenvalue weighted by Gasteiger charge is -2.53. The van der Waals surface area contributed by atoms with Crippen molar-refractivity contribution in [2.24, 2.45) is 0 Å². The van der Waals surface area contributed by atoms with E-state index in [-0.39, 0.29) is 0 Å². The third kappa shape index (κ3) is 3.16. The van der Waals surface area contributed by atoms with Gasteiger partial charge in [0.15, 0.2) is 0 Å². The van der Waals surface area contributed by atoms with Crippen molar-refractivity contribution in [2.45, 2.75) is 34.5 Å². The van der Waals surface area contributed by atoms with Crippen LogP contribution in [0.1, 0.15) is 52.8 Å². The summed E-state index contributed by atoms with van der Waals surface area (Å²) in [4.78, 5) is 5.32. The number of hydrogen-bond acceptors (Lipinski definition) is 2. The van der Waals surface area contributed by atoms with E-state index in [4.69, 9.17) is 4.42 Å². The minimum Gasteiger partial charge on any atom is -0.460 e. The zero-order valence-corrected chi connectivity index (χ0v) is 25.5. The van der Waals surface area contributed by atoms with Gasteiger partial charge in [-0.05, 0) is 88.5 Å². The number of allylic oxidation sites excluding steroid dienone is 1. The van der Waals surface area contributed by atoms with Crippen molar-refractivity contribution in [3.63, 3.8) is 0 Å². The molecule has 0 saturated heterocycles. The van der Waals surface area contributed by atoms with Crippen LogP contribution in [0.15, 0.2) is 136 Å². The molecule has 0 N–H and O–H groups in total. The van der Waals surface area contributed by atoms with Gasteiger partial charge in [0.25, 0.3) is 0 Å². The van der Waals surface area contributed by atoms with Crippen molar-refractivity contribution in [3.05, 3.63) is 155 Å². The van der Waals surface area contributed by atoms with Gasteiger partial charge in [0.2, 0.25) is 0 Å². The molecule has 2 nitrogen and oxygen atoms in total. The second-order valence-electron chi connectivity index (χ2n) is 12.5. The number of anilines is 3. The monoisotopic (exact) mass is 575 g/mol. The fourth-order valence-electron chi connectivity index (χ4n) is 8.08. The zero-order valence-electron chi connectivity index (χ0n) is 24.7. The number of furan rings is 1. The predicted octanol–water partition coefficient (Wildman–Crippen LogP) is 10.9. The smallest absolute Gasteiger partial charge is 0.136 e. The maximum atomic E-state index is 6.69. The molecule has 0 radical (unpaired) electrons. The molecular weight excluding hydrogens is 543 g/mol. The van der Waals surface area contributed by atoms with Gasteiger partial charge in [-0.15, -0.1) is 0 Å². The van der Waals surface area contributed by atoms with Crippen LogP contribution in [-0.2, 0) is 5.41 Å². The molecule has 0 saturated carbocycles. The second-order valence-corrected chi connectivity index (χ2v) is 16.1. The van der Waals surface area contributed by atoms with Crippen molar-refractivity contribution in [2.75, 3.05) is 17.4 Å². The van der Waals surface area contributed by atoms with E-state index in [1.165, 1.54) is 60.1 Å². The third-order valence-corrected chi connectivity index (χ3v) is 12.9. The summed E-state index contributed by atoms with van der Waals surface area (Å²) in [5, 5.41) is 1.23. The first-order chi connectivity index (χ1) is 21.0. The van der Waals surface area contributed by atoms with E-state index in [9.17, 15) is 0 Å². The fourth-order valence-corrected chi connectivity index (χ4v) is 10.7. The number of fused-ring (bicyclic) bond motifs is 11. The molecule has 0 bridgehead atoms. The lowest BCUT2D eigenvalue weighted by molar-refractivity contribution is 0.503. The summed E-state index contributed by atoms with van der Waals surface area (Å²) >= 11 is 0. The van der Waals surface area contributed by atoms with Gasteiger partial charge in [-0.3, -0.25) is 0 Å². The maximum Gasteiger partial charge on any atom is 0.136 e. The largest absolute Gasteiger partial charge is 0.460 e. The summed E-state index contributed by atoms with van der Waals surface area (Å²) in [7, 11) is -1.35. The molecule has 1 spiro atoms. The van der Waals surface area contributed by atoms with E-state index in [1.54, 1.807) is 0 Å². The Kier molecular flexibility index (Phi) is 5.12. The van der Waals surface area contributed by atoms with E-state index in [0.717, 1.165) is 17.8 Å². The Hall–Kier alpha value is -4.47. The SMILES string of the molecule is CC1CC=Cc2c1oc1cc3c(cc21)C1(c2ccccc2N(c2ccccc2)c2ccccc21)c1ccccc1S3(C)C. The van der Waals surface area contributed by atoms with Crippen LogP contribution in [0.5, 0.6) is 0 Å². The number of nitrogens with zero attached hydrogens (tertiary/aromatic N) is 1. The Balaban J connectivity index is 1.48. The Bertz CT molecular complexity index is 2070. The first-order valence-electron chi connectivity index (χ1n) is 15.2. The van der Waals surface area contributed by atoms with Crippen LogP contribution in [0, 0.1) is 0 Å². The summed E-state index contributed by atoms with van der Waals surface area (Å²) in [6.07, 6.45) is 10.5. The van der Waals surface area contributed by atoms with Crippen molar-refractivity contribution in [3.8, 4) is 0 Å². The Morgan fingerprint density at radius 2 is 1.33 bits per heavy atom. The number of para-hydroxylation sites is 3. The molecule has 2 aliphatic heterocycles. The first kappa shape index (κ1) is 25.1. The normalized spacial score (nSPS) is 19.2. The van der Waals surface area contributed by atoms with Crippen LogP contribution in [0.3, 0.4) is 0 Å². The minimum atomic E-state index is -1.35. The topological polar surface area (TPSA) is 16.4 Å². The molecule has 1 atom stereocenters. The van der Waals surface area contributed by atoms with Gasteiger partial charge < -0.3 is 9.32 Å². The molecular formula is C40H33NOS. The molecule has 210 valence electrons. The number of rotatable bonds is 1. The highest BCUT2D eigenvalue weighted by molar-refractivity contribution is 8.32. The lowest BCUT2D eigenvalue weighted by atomic mass is 9.62.